The van der Waals surface area contributed by atoms with Crippen molar-refractivity contribution in [2.75, 3.05) is 13.6 Å². The molecule has 2 nitrogen and oxygen atoms in total. The van der Waals surface area contributed by atoms with Gasteiger partial charge in [-0.3, -0.25) is 4.90 Å². The van der Waals surface area contributed by atoms with Crippen LogP contribution in [0.1, 0.15) is 10.4 Å². The lowest BCUT2D eigenvalue weighted by atomic mass is 10.1. The smallest absolute Gasteiger partial charge is 0.0349 e. The van der Waals surface area contributed by atoms with Crippen molar-refractivity contribution in [2.24, 2.45) is 5.73 Å². The van der Waals surface area contributed by atoms with Gasteiger partial charge in [-0.15, -0.1) is 17.9 Å². The Bertz CT molecular complexity index is 516. The monoisotopic (exact) mass is 246 g/mol. The van der Waals surface area contributed by atoms with Crippen molar-refractivity contribution in [3.8, 4) is 0 Å². The molecule has 0 spiro atoms. The number of nitrogens with zero attached hydrogens (tertiary/aromatic N) is 1. The van der Waals surface area contributed by atoms with E-state index in [0.717, 1.165) is 13.1 Å². The first-order chi connectivity index (χ1) is 8.26. The van der Waals surface area contributed by atoms with Crippen molar-refractivity contribution in [3.63, 3.8) is 0 Å². The van der Waals surface area contributed by atoms with Crippen LogP contribution >= 0.6 is 11.3 Å². The Balaban J connectivity index is 2.39. The lowest BCUT2D eigenvalue weighted by Crippen LogP contribution is -2.18. The van der Waals surface area contributed by atoms with Crippen molar-refractivity contribution in [3.05, 3.63) is 47.4 Å². The molecule has 0 bridgehead atoms. The van der Waals surface area contributed by atoms with Crippen LogP contribution in [0, 0.1) is 0 Å². The molecule has 0 aliphatic rings. The molecule has 17 heavy (non-hydrogen) atoms. The standard InChI is InChI=1S/C14H18N2S/c1-3-8-16(2)10-12-11-6-4-5-7-13(11)17-14(12)9-15/h3-7H,1,8-10,15H2,2H3. The molecule has 1 aromatic heterocycles. The molecule has 0 aliphatic heterocycles. The van der Waals surface area contributed by atoms with E-state index in [4.69, 9.17) is 5.73 Å². The Hall–Kier alpha value is -1.16. The number of fused-ring (bicyclic) bond motifs is 1. The fraction of sp³-hybridized carbons (Fsp3) is 0.286. The predicted octanol–water partition coefficient (Wildman–Crippen LogP) is 2.98. The molecule has 3 heteroatoms. The van der Waals surface area contributed by atoms with Crippen LogP contribution < -0.4 is 5.73 Å². The van der Waals surface area contributed by atoms with Crippen molar-refractivity contribution < 1.29 is 0 Å². The summed E-state index contributed by atoms with van der Waals surface area (Å²) < 4.78 is 1.33. The quantitative estimate of drug-likeness (QED) is 0.822. The third kappa shape index (κ3) is 2.57. The molecule has 90 valence electrons. The minimum atomic E-state index is 0.622. The normalized spacial score (nSPS) is 11.2. The second-order valence-electron chi connectivity index (χ2n) is 4.19. The maximum absolute atomic E-state index is 5.84. The van der Waals surface area contributed by atoms with E-state index in [2.05, 4.69) is 42.8 Å². The van der Waals surface area contributed by atoms with Crippen molar-refractivity contribution in [2.45, 2.75) is 13.1 Å². The van der Waals surface area contributed by atoms with Gasteiger partial charge < -0.3 is 5.73 Å². The number of benzene rings is 1. The summed E-state index contributed by atoms with van der Waals surface area (Å²) in [6.07, 6.45) is 1.93. The molecule has 0 saturated carbocycles. The average Bonchev–Trinajstić information content (AvgIpc) is 2.68. The zero-order valence-electron chi connectivity index (χ0n) is 10.1. The number of nitrogens with two attached hydrogens (primary N) is 1. The molecule has 0 amide bonds. The zero-order chi connectivity index (χ0) is 12.3. The van der Waals surface area contributed by atoms with E-state index in [-0.39, 0.29) is 0 Å². The van der Waals surface area contributed by atoms with Gasteiger partial charge in [0.1, 0.15) is 0 Å². The summed E-state index contributed by atoms with van der Waals surface area (Å²) in [4.78, 5) is 3.54. The Morgan fingerprint density at radius 1 is 1.41 bits per heavy atom. The van der Waals surface area contributed by atoms with Crippen LogP contribution in [0.4, 0.5) is 0 Å². The van der Waals surface area contributed by atoms with Crippen molar-refractivity contribution >= 4 is 21.4 Å². The molecular weight excluding hydrogens is 228 g/mol. The Morgan fingerprint density at radius 2 is 2.18 bits per heavy atom. The van der Waals surface area contributed by atoms with Gasteiger partial charge in [-0.2, -0.15) is 0 Å². The van der Waals surface area contributed by atoms with Gasteiger partial charge in [0.05, 0.1) is 0 Å². The Kier molecular flexibility index (Phi) is 3.94. The summed E-state index contributed by atoms with van der Waals surface area (Å²) in [6, 6.07) is 8.51. The summed E-state index contributed by atoms with van der Waals surface area (Å²) in [5.41, 5.74) is 7.21. The average molecular weight is 246 g/mol. The van der Waals surface area contributed by atoms with Crippen LogP contribution in [0.5, 0.6) is 0 Å². The molecular formula is C14H18N2S. The molecule has 0 saturated heterocycles. The van der Waals surface area contributed by atoms with E-state index in [0.29, 0.717) is 6.54 Å². The molecule has 0 unspecified atom stereocenters. The number of hydrogen-bond acceptors (Lipinski definition) is 3. The maximum Gasteiger partial charge on any atom is 0.0349 e. The number of thiophene rings is 1. The minimum absolute atomic E-state index is 0.622. The summed E-state index contributed by atoms with van der Waals surface area (Å²) in [7, 11) is 2.11. The summed E-state index contributed by atoms with van der Waals surface area (Å²) in [5, 5.41) is 1.34. The number of rotatable bonds is 5. The highest BCUT2D eigenvalue weighted by Crippen LogP contribution is 2.31. The van der Waals surface area contributed by atoms with Gasteiger partial charge in [0.2, 0.25) is 0 Å². The van der Waals surface area contributed by atoms with E-state index in [9.17, 15) is 0 Å². The SMILES string of the molecule is C=CCN(C)Cc1c(CN)sc2ccccc12. The fourth-order valence-corrected chi connectivity index (χ4v) is 3.14. The van der Waals surface area contributed by atoms with Gasteiger partial charge >= 0.3 is 0 Å². The molecule has 0 atom stereocenters. The third-order valence-corrected chi connectivity index (χ3v) is 4.07. The lowest BCUT2D eigenvalue weighted by molar-refractivity contribution is 0.364. The first kappa shape index (κ1) is 12.3. The van der Waals surface area contributed by atoms with Crippen LogP contribution in [0.2, 0.25) is 0 Å². The van der Waals surface area contributed by atoms with E-state index in [1.54, 1.807) is 11.3 Å². The second kappa shape index (κ2) is 5.45. The van der Waals surface area contributed by atoms with E-state index >= 15 is 0 Å². The molecule has 2 aromatic rings. The number of hydrogen-bond donors (Lipinski definition) is 1. The van der Waals surface area contributed by atoms with Gasteiger partial charge in [-0.1, -0.05) is 24.3 Å². The predicted molar refractivity (Wildman–Crippen MR) is 76.2 cm³/mol. The summed E-state index contributed by atoms with van der Waals surface area (Å²) in [5.74, 6) is 0. The largest absolute Gasteiger partial charge is 0.326 e. The molecule has 0 fully saturated rings. The lowest BCUT2D eigenvalue weighted by Gasteiger charge is -2.14. The highest BCUT2D eigenvalue weighted by atomic mass is 32.1. The van der Waals surface area contributed by atoms with Crippen LogP contribution in [-0.4, -0.2) is 18.5 Å². The van der Waals surface area contributed by atoms with E-state index in [1.165, 1.54) is 20.5 Å². The second-order valence-corrected chi connectivity index (χ2v) is 5.33. The highest BCUT2D eigenvalue weighted by molar-refractivity contribution is 7.19. The fourth-order valence-electron chi connectivity index (χ4n) is 2.04. The Morgan fingerprint density at radius 3 is 2.88 bits per heavy atom. The van der Waals surface area contributed by atoms with Gasteiger partial charge in [-0.25, -0.2) is 0 Å². The van der Waals surface area contributed by atoms with Crippen molar-refractivity contribution in [1.29, 1.82) is 0 Å². The Labute approximate surface area is 106 Å². The molecule has 1 heterocycles. The molecule has 0 radical (unpaired) electrons. The van der Waals surface area contributed by atoms with Gasteiger partial charge in [-0.05, 0) is 24.1 Å². The first-order valence-corrected chi connectivity index (χ1v) is 6.56. The number of likely N-dealkylation sites (N-methyl/N-ethyl adjacent to an activating group) is 1. The summed E-state index contributed by atoms with van der Waals surface area (Å²) in [6.45, 7) is 6.22. The van der Waals surface area contributed by atoms with Crippen LogP contribution in [0.25, 0.3) is 10.1 Å². The molecule has 0 aliphatic carbocycles. The zero-order valence-corrected chi connectivity index (χ0v) is 11.0. The molecule has 2 rings (SSSR count). The van der Waals surface area contributed by atoms with Crippen molar-refractivity contribution in [1.82, 2.24) is 4.90 Å². The van der Waals surface area contributed by atoms with Crippen LogP contribution in [0.15, 0.2) is 36.9 Å². The third-order valence-electron chi connectivity index (χ3n) is 2.84. The summed E-state index contributed by atoms with van der Waals surface area (Å²) >= 11 is 1.81. The van der Waals surface area contributed by atoms with Crippen LogP contribution in [0.3, 0.4) is 0 Å². The minimum Gasteiger partial charge on any atom is -0.326 e. The maximum atomic E-state index is 5.84. The van der Waals surface area contributed by atoms with E-state index in [1.807, 2.05) is 6.08 Å². The van der Waals surface area contributed by atoms with Gasteiger partial charge in [0.15, 0.2) is 0 Å². The van der Waals surface area contributed by atoms with E-state index < -0.39 is 0 Å². The van der Waals surface area contributed by atoms with Crippen LogP contribution in [-0.2, 0) is 13.1 Å². The molecule has 2 N–H and O–H groups in total. The first-order valence-electron chi connectivity index (χ1n) is 5.75. The highest BCUT2D eigenvalue weighted by Gasteiger charge is 2.11. The molecule has 1 aromatic carbocycles. The van der Waals surface area contributed by atoms with Gasteiger partial charge in [0, 0.05) is 29.2 Å². The topological polar surface area (TPSA) is 29.3 Å². The van der Waals surface area contributed by atoms with Gasteiger partial charge in [0.25, 0.3) is 0 Å².